The number of rotatable bonds is 7. The van der Waals surface area contributed by atoms with Crippen molar-refractivity contribution in [3.63, 3.8) is 0 Å². The van der Waals surface area contributed by atoms with Gasteiger partial charge in [-0.3, -0.25) is 0 Å². The molecule has 0 radical (unpaired) electrons. The van der Waals surface area contributed by atoms with Gasteiger partial charge in [0.2, 0.25) is 0 Å². The molecule has 3 nitrogen and oxygen atoms in total. The summed E-state index contributed by atoms with van der Waals surface area (Å²) in [5, 5.41) is 3.38. The number of thiophene rings is 1. The number of ether oxygens (including phenoxy) is 1. The van der Waals surface area contributed by atoms with E-state index in [0.29, 0.717) is 0 Å². The van der Waals surface area contributed by atoms with Gasteiger partial charge in [0.15, 0.2) is 0 Å². The molecular weight excluding hydrogens is 256 g/mol. The highest BCUT2D eigenvalue weighted by atomic mass is 32.1. The van der Waals surface area contributed by atoms with E-state index in [9.17, 15) is 0 Å². The summed E-state index contributed by atoms with van der Waals surface area (Å²) in [7, 11) is 2.24. The number of hydrogen-bond donors (Lipinski definition) is 1. The van der Waals surface area contributed by atoms with Crippen molar-refractivity contribution in [3.8, 4) is 0 Å². The average molecular weight is 282 g/mol. The molecule has 0 amide bonds. The van der Waals surface area contributed by atoms with Gasteiger partial charge in [-0.05, 0) is 44.5 Å². The van der Waals surface area contributed by atoms with Crippen LogP contribution in [-0.2, 0) is 17.8 Å². The molecule has 1 fully saturated rings. The van der Waals surface area contributed by atoms with E-state index in [-0.39, 0.29) is 0 Å². The van der Waals surface area contributed by atoms with Crippen molar-refractivity contribution in [1.29, 1.82) is 0 Å². The van der Waals surface area contributed by atoms with Gasteiger partial charge in [0.25, 0.3) is 0 Å². The molecule has 0 aromatic carbocycles. The minimum Gasteiger partial charge on any atom is -0.381 e. The van der Waals surface area contributed by atoms with E-state index in [4.69, 9.17) is 4.74 Å². The Bertz CT molecular complexity index is 361. The molecule has 1 aromatic heterocycles. The van der Waals surface area contributed by atoms with Crippen LogP contribution in [0.5, 0.6) is 0 Å². The van der Waals surface area contributed by atoms with E-state index in [1.54, 1.807) is 0 Å². The maximum Gasteiger partial charge on any atom is 0.0469 e. The van der Waals surface area contributed by atoms with E-state index < -0.39 is 0 Å². The van der Waals surface area contributed by atoms with E-state index in [1.165, 1.54) is 29.1 Å². The second-order valence-electron chi connectivity index (χ2n) is 5.40. The predicted octanol–water partition coefficient (Wildman–Crippen LogP) is 2.72. The molecular formula is C15H26N2OS. The normalized spacial score (nSPS) is 17.2. The molecule has 2 rings (SSSR count). The van der Waals surface area contributed by atoms with Gasteiger partial charge in [-0.25, -0.2) is 0 Å². The number of hydrogen-bond acceptors (Lipinski definition) is 4. The molecule has 1 N–H and O–H groups in total. The Morgan fingerprint density at radius 2 is 2.05 bits per heavy atom. The summed E-state index contributed by atoms with van der Waals surface area (Å²) in [5.41, 5.74) is 0. The molecule has 4 heteroatoms. The van der Waals surface area contributed by atoms with Crippen LogP contribution >= 0.6 is 11.3 Å². The fourth-order valence-corrected chi connectivity index (χ4v) is 3.62. The lowest BCUT2D eigenvalue weighted by Crippen LogP contribution is -2.29. The number of nitrogens with one attached hydrogen (secondary N) is 1. The molecule has 1 saturated heterocycles. The standard InChI is InChI=1S/C15H26N2OS/c1-3-16-10-14-4-5-15(19-14)12-17(2)11-13-6-8-18-9-7-13/h4-5,13,16H,3,6-12H2,1-2H3. The average Bonchev–Trinajstić information content (AvgIpc) is 2.85. The first-order valence-electron chi connectivity index (χ1n) is 7.32. The number of nitrogens with zero attached hydrogens (tertiary/aromatic N) is 1. The van der Waals surface area contributed by atoms with Crippen LogP contribution in [0.25, 0.3) is 0 Å². The molecule has 0 aliphatic carbocycles. The fourth-order valence-electron chi connectivity index (χ4n) is 2.55. The highest BCUT2D eigenvalue weighted by molar-refractivity contribution is 7.11. The maximum absolute atomic E-state index is 5.42. The Labute approximate surface area is 121 Å². The summed E-state index contributed by atoms with van der Waals surface area (Å²) in [4.78, 5) is 5.37. The molecule has 0 spiro atoms. The SMILES string of the molecule is CCNCc1ccc(CN(C)CC2CCOCC2)s1. The van der Waals surface area contributed by atoms with Crippen molar-refractivity contribution in [3.05, 3.63) is 21.9 Å². The van der Waals surface area contributed by atoms with Crippen molar-refractivity contribution < 1.29 is 4.74 Å². The molecule has 1 aliphatic heterocycles. The Balaban J connectivity index is 1.74. The Hall–Kier alpha value is -0.420. The van der Waals surface area contributed by atoms with E-state index in [1.807, 2.05) is 11.3 Å². The third-order valence-corrected chi connectivity index (χ3v) is 4.67. The lowest BCUT2D eigenvalue weighted by molar-refractivity contribution is 0.0550. The third-order valence-electron chi connectivity index (χ3n) is 3.60. The zero-order valence-electron chi connectivity index (χ0n) is 12.2. The summed E-state index contributed by atoms with van der Waals surface area (Å²) >= 11 is 1.93. The van der Waals surface area contributed by atoms with Gasteiger partial charge in [-0.2, -0.15) is 0 Å². The second kappa shape index (κ2) is 8.00. The molecule has 108 valence electrons. The quantitative estimate of drug-likeness (QED) is 0.832. The van der Waals surface area contributed by atoms with Gasteiger partial charge >= 0.3 is 0 Å². The zero-order valence-corrected chi connectivity index (χ0v) is 13.0. The molecule has 0 bridgehead atoms. The summed E-state index contributed by atoms with van der Waals surface area (Å²) in [5.74, 6) is 0.819. The smallest absolute Gasteiger partial charge is 0.0469 e. The predicted molar refractivity (Wildman–Crippen MR) is 81.6 cm³/mol. The van der Waals surface area contributed by atoms with Crippen LogP contribution in [-0.4, -0.2) is 38.3 Å². The van der Waals surface area contributed by atoms with Gasteiger partial charge in [-0.15, -0.1) is 11.3 Å². The van der Waals surface area contributed by atoms with E-state index in [2.05, 4.69) is 36.3 Å². The van der Waals surface area contributed by atoms with Crippen LogP contribution in [0.1, 0.15) is 29.5 Å². The Kier molecular flexibility index (Phi) is 6.31. The molecule has 0 unspecified atom stereocenters. The van der Waals surface area contributed by atoms with E-state index in [0.717, 1.165) is 38.8 Å². The first-order chi connectivity index (χ1) is 9.28. The summed E-state index contributed by atoms with van der Waals surface area (Å²) in [6.07, 6.45) is 2.45. The molecule has 0 atom stereocenters. The summed E-state index contributed by atoms with van der Waals surface area (Å²) in [6, 6.07) is 4.53. The molecule has 2 heterocycles. The maximum atomic E-state index is 5.42. The lowest BCUT2D eigenvalue weighted by atomic mass is 10.00. The van der Waals surface area contributed by atoms with Gasteiger partial charge in [0.1, 0.15) is 0 Å². The molecule has 0 saturated carbocycles. The monoisotopic (exact) mass is 282 g/mol. The summed E-state index contributed by atoms with van der Waals surface area (Å²) < 4.78 is 5.42. The van der Waals surface area contributed by atoms with Crippen molar-refractivity contribution in [1.82, 2.24) is 10.2 Å². The Morgan fingerprint density at radius 1 is 1.32 bits per heavy atom. The van der Waals surface area contributed by atoms with Crippen molar-refractivity contribution in [2.24, 2.45) is 5.92 Å². The van der Waals surface area contributed by atoms with Crippen molar-refractivity contribution in [2.75, 3.05) is 33.4 Å². The molecule has 1 aromatic rings. The Morgan fingerprint density at radius 3 is 2.79 bits per heavy atom. The van der Waals surface area contributed by atoms with Gasteiger partial charge < -0.3 is 15.0 Å². The first kappa shape index (κ1) is 15.0. The topological polar surface area (TPSA) is 24.5 Å². The minimum absolute atomic E-state index is 0.819. The summed E-state index contributed by atoms with van der Waals surface area (Å²) in [6.45, 7) is 8.37. The molecule has 1 aliphatic rings. The fraction of sp³-hybridized carbons (Fsp3) is 0.733. The van der Waals surface area contributed by atoms with Crippen LogP contribution in [0.15, 0.2) is 12.1 Å². The third kappa shape index (κ3) is 5.22. The van der Waals surface area contributed by atoms with Crippen LogP contribution in [0.3, 0.4) is 0 Å². The van der Waals surface area contributed by atoms with Crippen molar-refractivity contribution in [2.45, 2.75) is 32.9 Å². The minimum atomic E-state index is 0.819. The highest BCUT2D eigenvalue weighted by Gasteiger charge is 2.16. The van der Waals surface area contributed by atoms with Crippen LogP contribution in [0.4, 0.5) is 0 Å². The van der Waals surface area contributed by atoms with Gasteiger partial charge in [0.05, 0.1) is 0 Å². The largest absolute Gasteiger partial charge is 0.381 e. The lowest BCUT2D eigenvalue weighted by Gasteiger charge is -2.26. The van der Waals surface area contributed by atoms with Crippen molar-refractivity contribution >= 4 is 11.3 Å². The van der Waals surface area contributed by atoms with Gasteiger partial charge in [0, 0.05) is 42.6 Å². The van der Waals surface area contributed by atoms with E-state index >= 15 is 0 Å². The second-order valence-corrected chi connectivity index (χ2v) is 6.65. The van der Waals surface area contributed by atoms with Gasteiger partial charge in [-0.1, -0.05) is 6.92 Å². The first-order valence-corrected chi connectivity index (χ1v) is 8.14. The van der Waals surface area contributed by atoms with Crippen LogP contribution in [0, 0.1) is 5.92 Å². The zero-order chi connectivity index (χ0) is 13.5. The molecule has 19 heavy (non-hydrogen) atoms. The van der Waals surface area contributed by atoms with Crippen LogP contribution < -0.4 is 5.32 Å². The van der Waals surface area contributed by atoms with Crippen LogP contribution in [0.2, 0.25) is 0 Å². The highest BCUT2D eigenvalue weighted by Crippen LogP contribution is 2.20.